The molecule has 0 aliphatic heterocycles. The number of benzene rings is 2. The van der Waals surface area contributed by atoms with E-state index in [-0.39, 0.29) is 23.7 Å². The number of esters is 1. The van der Waals surface area contributed by atoms with Gasteiger partial charge in [0.15, 0.2) is 11.5 Å². The Balaban J connectivity index is 2.24. The van der Waals surface area contributed by atoms with Crippen LogP contribution in [0.5, 0.6) is 11.5 Å². The maximum absolute atomic E-state index is 12.4. The highest BCUT2D eigenvalue weighted by atomic mass is 32.2. The second-order valence-electron chi connectivity index (χ2n) is 5.13. The lowest BCUT2D eigenvalue weighted by molar-refractivity contribution is -0.385. The van der Waals surface area contributed by atoms with E-state index in [4.69, 9.17) is 14.2 Å². The highest BCUT2D eigenvalue weighted by Gasteiger charge is 2.25. The van der Waals surface area contributed by atoms with Gasteiger partial charge in [0.05, 0.1) is 24.7 Å². The lowest BCUT2D eigenvalue weighted by Crippen LogP contribution is -2.09. The fraction of sp³-hybridized carbons (Fsp3) is 0.278. The Morgan fingerprint density at radius 2 is 1.88 bits per heavy atom. The second kappa shape index (κ2) is 9.10. The van der Waals surface area contributed by atoms with Gasteiger partial charge in [0.2, 0.25) is 0 Å². The smallest absolute Gasteiger partial charge is 0.345 e. The molecule has 26 heavy (non-hydrogen) atoms. The van der Waals surface area contributed by atoms with E-state index in [9.17, 15) is 14.9 Å². The Hall–Kier alpha value is -2.74. The highest BCUT2D eigenvalue weighted by Crippen LogP contribution is 2.35. The van der Waals surface area contributed by atoms with Crippen molar-refractivity contribution in [3.63, 3.8) is 0 Å². The van der Waals surface area contributed by atoms with Crippen LogP contribution in [0.4, 0.5) is 5.69 Å². The SMILES string of the molecule is CCOc1cc([N+](=O)[O-])c(C(=O)OCc2ccc(SC)cc2)cc1OC. The van der Waals surface area contributed by atoms with Gasteiger partial charge < -0.3 is 14.2 Å². The largest absolute Gasteiger partial charge is 0.493 e. The van der Waals surface area contributed by atoms with Crippen molar-refractivity contribution in [3.8, 4) is 11.5 Å². The molecule has 0 atom stereocenters. The van der Waals surface area contributed by atoms with E-state index in [0.717, 1.165) is 10.5 Å². The van der Waals surface area contributed by atoms with Crippen LogP contribution in [0.3, 0.4) is 0 Å². The van der Waals surface area contributed by atoms with E-state index in [1.165, 1.54) is 19.2 Å². The molecule has 0 aliphatic rings. The molecule has 2 rings (SSSR count). The molecule has 138 valence electrons. The Kier molecular flexibility index (Phi) is 6.85. The Bertz CT molecular complexity index is 791. The van der Waals surface area contributed by atoms with Crippen molar-refractivity contribution in [1.82, 2.24) is 0 Å². The fourth-order valence-corrected chi connectivity index (χ4v) is 2.65. The predicted molar refractivity (Wildman–Crippen MR) is 98.2 cm³/mol. The third-order valence-electron chi connectivity index (χ3n) is 3.53. The summed E-state index contributed by atoms with van der Waals surface area (Å²) in [6.45, 7) is 2.07. The molecule has 0 fully saturated rings. The number of thioether (sulfide) groups is 1. The molecule has 0 aliphatic carbocycles. The molecule has 0 saturated carbocycles. The summed E-state index contributed by atoms with van der Waals surface area (Å²) in [5, 5.41) is 11.3. The zero-order chi connectivity index (χ0) is 19.1. The number of carbonyl (C=O) groups is 1. The number of hydrogen-bond acceptors (Lipinski definition) is 7. The first-order chi connectivity index (χ1) is 12.5. The zero-order valence-corrected chi connectivity index (χ0v) is 15.5. The average Bonchev–Trinajstić information content (AvgIpc) is 2.66. The minimum absolute atomic E-state index is 0.0141. The van der Waals surface area contributed by atoms with E-state index in [1.54, 1.807) is 18.7 Å². The molecular formula is C18H19NO6S. The molecule has 7 nitrogen and oxygen atoms in total. The van der Waals surface area contributed by atoms with Crippen LogP contribution in [0.2, 0.25) is 0 Å². The molecule has 0 bridgehead atoms. The van der Waals surface area contributed by atoms with Crippen LogP contribution in [0.25, 0.3) is 0 Å². The molecule has 0 heterocycles. The third-order valence-corrected chi connectivity index (χ3v) is 4.27. The van der Waals surface area contributed by atoms with E-state index < -0.39 is 16.6 Å². The van der Waals surface area contributed by atoms with E-state index >= 15 is 0 Å². The summed E-state index contributed by atoms with van der Waals surface area (Å²) in [5.41, 5.74) is 0.213. The summed E-state index contributed by atoms with van der Waals surface area (Å²) < 4.78 is 15.7. The summed E-state index contributed by atoms with van der Waals surface area (Å²) in [5.74, 6) is -0.369. The van der Waals surface area contributed by atoms with Gasteiger partial charge in [-0.2, -0.15) is 0 Å². The van der Waals surface area contributed by atoms with E-state index in [2.05, 4.69) is 0 Å². The monoisotopic (exact) mass is 377 g/mol. The topological polar surface area (TPSA) is 87.9 Å². The average molecular weight is 377 g/mol. The number of rotatable bonds is 8. The predicted octanol–water partition coefficient (Wildman–Crippen LogP) is 4.08. The van der Waals surface area contributed by atoms with Gasteiger partial charge >= 0.3 is 5.97 Å². The van der Waals surface area contributed by atoms with Gasteiger partial charge in [0.1, 0.15) is 12.2 Å². The van der Waals surface area contributed by atoms with Crippen LogP contribution >= 0.6 is 11.8 Å². The Morgan fingerprint density at radius 1 is 1.19 bits per heavy atom. The van der Waals surface area contributed by atoms with Gasteiger partial charge in [-0.1, -0.05) is 12.1 Å². The summed E-state index contributed by atoms with van der Waals surface area (Å²) in [4.78, 5) is 24.1. The highest BCUT2D eigenvalue weighted by molar-refractivity contribution is 7.98. The number of carbonyl (C=O) groups excluding carboxylic acids is 1. The molecule has 0 saturated heterocycles. The molecule has 0 unspecified atom stereocenters. The fourth-order valence-electron chi connectivity index (χ4n) is 2.24. The zero-order valence-electron chi connectivity index (χ0n) is 14.7. The van der Waals surface area contributed by atoms with Crippen LogP contribution in [-0.4, -0.2) is 30.9 Å². The number of nitro groups is 1. The lowest BCUT2D eigenvalue weighted by atomic mass is 10.1. The Morgan fingerprint density at radius 3 is 2.42 bits per heavy atom. The maximum Gasteiger partial charge on any atom is 0.345 e. The lowest BCUT2D eigenvalue weighted by Gasteiger charge is -2.11. The number of hydrogen-bond donors (Lipinski definition) is 0. The van der Waals surface area contributed by atoms with Crippen LogP contribution in [0, 0.1) is 10.1 Å². The molecule has 2 aromatic carbocycles. The van der Waals surface area contributed by atoms with Crippen LogP contribution in [0.15, 0.2) is 41.3 Å². The minimum Gasteiger partial charge on any atom is -0.493 e. The summed E-state index contributed by atoms with van der Waals surface area (Å²) in [6.07, 6.45) is 1.97. The van der Waals surface area contributed by atoms with Gasteiger partial charge in [0.25, 0.3) is 5.69 Å². The number of nitrogens with zero attached hydrogens (tertiary/aromatic N) is 1. The van der Waals surface area contributed by atoms with E-state index in [1.807, 2.05) is 30.5 Å². The molecular weight excluding hydrogens is 358 g/mol. The van der Waals surface area contributed by atoms with Crippen LogP contribution in [-0.2, 0) is 11.3 Å². The first kappa shape index (κ1) is 19.6. The normalized spacial score (nSPS) is 10.3. The molecule has 0 radical (unpaired) electrons. The van der Waals surface area contributed by atoms with Crippen molar-refractivity contribution in [1.29, 1.82) is 0 Å². The molecule has 0 spiro atoms. The Labute approximate surface area is 155 Å². The van der Waals surface area contributed by atoms with E-state index in [0.29, 0.717) is 6.61 Å². The van der Waals surface area contributed by atoms with Gasteiger partial charge in [0, 0.05) is 11.0 Å². The number of ether oxygens (including phenoxy) is 3. The van der Waals surface area contributed by atoms with Crippen molar-refractivity contribution in [3.05, 3.63) is 57.6 Å². The van der Waals surface area contributed by atoms with Gasteiger partial charge in [-0.15, -0.1) is 11.8 Å². The first-order valence-electron chi connectivity index (χ1n) is 7.79. The van der Waals surface area contributed by atoms with Crippen molar-refractivity contribution in [2.24, 2.45) is 0 Å². The number of methoxy groups -OCH3 is 1. The van der Waals surface area contributed by atoms with Gasteiger partial charge in [-0.25, -0.2) is 4.79 Å². The van der Waals surface area contributed by atoms with Gasteiger partial charge in [-0.3, -0.25) is 10.1 Å². The van der Waals surface area contributed by atoms with Crippen molar-refractivity contribution in [2.75, 3.05) is 20.0 Å². The quantitative estimate of drug-likeness (QED) is 0.296. The summed E-state index contributed by atoms with van der Waals surface area (Å²) >= 11 is 1.60. The first-order valence-corrected chi connectivity index (χ1v) is 9.01. The third kappa shape index (κ3) is 4.66. The summed E-state index contributed by atoms with van der Waals surface area (Å²) in [7, 11) is 1.39. The molecule has 2 aromatic rings. The van der Waals surface area contributed by atoms with Gasteiger partial charge in [-0.05, 0) is 30.9 Å². The standard InChI is InChI=1S/C18H19NO6S/c1-4-24-17-10-15(19(21)22)14(9-16(17)23-2)18(20)25-11-12-5-7-13(26-3)8-6-12/h5-10H,4,11H2,1-3H3. The molecule has 0 amide bonds. The minimum atomic E-state index is -0.799. The maximum atomic E-state index is 12.4. The molecule has 0 aromatic heterocycles. The van der Waals surface area contributed by atoms with Crippen LogP contribution < -0.4 is 9.47 Å². The number of nitro benzene ring substituents is 1. The van der Waals surface area contributed by atoms with Crippen LogP contribution in [0.1, 0.15) is 22.8 Å². The molecule has 0 N–H and O–H groups in total. The molecule has 8 heteroatoms. The summed E-state index contributed by atoms with van der Waals surface area (Å²) in [6, 6.07) is 9.94. The van der Waals surface area contributed by atoms with Crippen molar-refractivity contribution >= 4 is 23.4 Å². The van der Waals surface area contributed by atoms with Crippen molar-refractivity contribution in [2.45, 2.75) is 18.4 Å². The second-order valence-corrected chi connectivity index (χ2v) is 6.01. The van der Waals surface area contributed by atoms with Crippen molar-refractivity contribution < 1.29 is 23.9 Å².